The van der Waals surface area contributed by atoms with Crippen molar-refractivity contribution < 1.29 is 18.7 Å². The van der Waals surface area contributed by atoms with Crippen LogP contribution in [0.2, 0.25) is 0 Å². The summed E-state index contributed by atoms with van der Waals surface area (Å²) in [4.78, 5) is 27.6. The summed E-state index contributed by atoms with van der Waals surface area (Å²) in [7, 11) is 0. The highest BCUT2D eigenvalue weighted by molar-refractivity contribution is 6.04. The van der Waals surface area contributed by atoms with Gasteiger partial charge in [-0.3, -0.25) is 14.0 Å². The molecule has 5 nitrogen and oxygen atoms in total. The Hall–Kier alpha value is -1.69. The lowest BCUT2D eigenvalue weighted by molar-refractivity contribution is 0.00259. The van der Waals surface area contributed by atoms with Gasteiger partial charge in [-0.2, -0.15) is 0 Å². The van der Waals surface area contributed by atoms with Gasteiger partial charge < -0.3 is 15.0 Å². The molecule has 0 aromatic carbocycles. The minimum Gasteiger partial charge on any atom is -0.381 e. The summed E-state index contributed by atoms with van der Waals surface area (Å²) in [6, 6.07) is 0. The van der Waals surface area contributed by atoms with Gasteiger partial charge in [0.05, 0.1) is 6.67 Å². The van der Waals surface area contributed by atoms with E-state index in [1.165, 1.54) is 0 Å². The van der Waals surface area contributed by atoms with Crippen molar-refractivity contribution in [3.63, 3.8) is 0 Å². The normalized spacial score (nSPS) is 20.2. The number of amides is 1. The van der Waals surface area contributed by atoms with Gasteiger partial charge >= 0.3 is 0 Å². The number of carbonyl (C=O) groups is 2. The molecule has 0 radical (unpaired) electrons. The maximum Gasteiger partial charge on any atom is 0.268 e. The monoisotopic (exact) mass is 322 g/mol. The lowest BCUT2D eigenvalue weighted by atomic mass is 9.81. The third kappa shape index (κ3) is 3.04. The molecule has 0 unspecified atom stereocenters. The fraction of sp³-hybridized carbons (Fsp3) is 0.647. The Kier molecular flexibility index (Phi) is 4.53. The molecule has 1 aliphatic heterocycles. The van der Waals surface area contributed by atoms with Crippen LogP contribution in [0.25, 0.3) is 0 Å². The molecule has 0 saturated carbocycles. The summed E-state index contributed by atoms with van der Waals surface area (Å²) in [5.41, 5.74) is 2.15. The van der Waals surface area contributed by atoms with E-state index in [1.807, 2.05) is 0 Å². The molecule has 1 saturated heterocycles. The molecule has 23 heavy (non-hydrogen) atoms. The molecule has 0 spiro atoms. The van der Waals surface area contributed by atoms with E-state index in [1.54, 1.807) is 6.92 Å². The van der Waals surface area contributed by atoms with Gasteiger partial charge in [-0.05, 0) is 38.2 Å². The van der Waals surface area contributed by atoms with Crippen molar-refractivity contribution in [2.45, 2.75) is 39.0 Å². The summed E-state index contributed by atoms with van der Waals surface area (Å²) in [5, 5.41) is 2.85. The molecule has 1 aliphatic carbocycles. The largest absolute Gasteiger partial charge is 0.381 e. The number of aryl methyl sites for hydroxylation is 1. The van der Waals surface area contributed by atoms with Gasteiger partial charge in [-0.15, -0.1) is 0 Å². The van der Waals surface area contributed by atoms with Gasteiger partial charge in [0.2, 0.25) is 0 Å². The number of hydrogen-bond acceptors (Lipinski definition) is 3. The average molecular weight is 322 g/mol. The summed E-state index contributed by atoms with van der Waals surface area (Å²) < 4.78 is 18.7. The second-order valence-corrected chi connectivity index (χ2v) is 6.68. The molecular weight excluding hydrogens is 299 g/mol. The third-order valence-corrected chi connectivity index (χ3v) is 5.13. The number of fused-ring (bicyclic) bond motifs is 1. The Balaban J connectivity index is 1.72. The maximum atomic E-state index is 13.4. The van der Waals surface area contributed by atoms with Crippen LogP contribution in [-0.4, -0.2) is 43.1 Å². The highest BCUT2D eigenvalue weighted by Crippen LogP contribution is 2.31. The van der Waals surface area contributed by atoms with Crippen LogP contribution in [-0.2, 0) is 11.2 Å². The molecule has 0 bridgehead atoms. The smallest absolute Gasteiger partial charge is 0.268 e. The van der Waals surface area contributed by atoms with Crippen molar-refractivity contribution in [3.8, 4) is 0 Å². The second kappa shape index (κ2) is 6.43. The van der Waals surface area contributed by atoms with E-state index in [-0.39, 0.29) is 11.7 Å². The van der Waals surface area contributed by atoms with Crippen LogP contribution in [0.5, 0.6) is 0 Å². The number of rotatable bonds is 4. The van der Waals surface area contributed by atoms with Crippen LogP contribution in [0.1, 0.15) is 57.8 Å². The number of Topliss-reactive ketones (excluding diaryl/α,β-unsaturated/α-hetero) is 1. The van der Waals surface area contributed by atoms with Crippen molar-refractivity contribution in [2.24, 2.45) is 5.41 Å². The fourth-order valence-corrected chi connectivity index (χ4v) is 3.52. The number of aromatic amines is 1. The van der Waals surface area contributed by atoms with E-state index in [0.717, 1.165) is 18.5 Å². The summed E-state index contributed by atoms with van der Waals surface area (Å²) >= 11 is 0. The zero-order valence-corrected chi connectivity index (χ0v) is 13.5. The average Bonchev–Trinajstić information content (AvgIpc) is 2.92. The number of aromatic nitrogens is 1. The first-order valence-electron chi connectivity index (χ1n) is 8.23. The molecule has 6 heteroatoms. The van der Waals surface area contributed by atoms with Crippen LogP contribution < -0.4 is 5.32 Å². The predicted molar refractivity (Wildman–Crippen MR) is 83.6 cm³/mol. The van der Waals surface area contributed by atoms with E-state index in [2.05, 4.69) is 10.3 Å². The van der Waals surface area contributed by atoms with Gasteiger partial charge in [0.15, 0.2) is 5.78 Å². The quantitative estimate of drug-likeness (QED) is 0.894. The Labute approximate surface area is 135 Å². The van der Waals surface area contributed by atoms with Crippen LogP contribution in [0.3, 0.4) is 0 Å². The van der Waals surface area contributed by atoms with Crippen LogP contribution in [0.15, 0.2) is 0 Å². The molecule has 126 valence electrons. The molecule has 1 aromatic heterocycles. The summed E-state index contributed by atoms with van der Waals surface area (Å²) in [6.07, 6.45) is 3.38. The lowest BCUT2D eigenvalue weighted by Gasteiger charge is -2.34. The number of hydrogen-bond donors (Lipinski definition) is 2. The molecular formula is C17H23FN2O3. The second-order valence-electron chi connectivity index (χ2n) is 6.68. The molecule has 3 rings (SSSR count). The fourth-order valence-electron chi connectivity index (χ4n) is 3.52. The van der Waals surface area contributed by atoms with E-state index < -0.39 is 12.1 Å². The van der Waals surface area contributed by atoms with Gasteiger partial charge in [0, 0.05) is 42.9 Å². The number of nitrogens with one attached hydrogen (secondary N) is 2. The lowest BCUT2D eigenvalue weighted by Crippen LogP contribution is -2.43. The molecule has 2 heterocycles. The SMILES string of the molecule is Cc1c(C(=O)NCC2(CF)CCOCC2)[nH]c2c1C(=O)CCC2. The highest BCUT2D eigenvalue weighted by Gasteiger charge is 2.34. The third-order valence-electron chi connectivity index (χ3n) is 5.13. The zero-order valence-electron chi connectivity index (χ0n) is 13.5. The van der Waals surface area contributed by atoms with Gasteiger partial charge in [0.25, 0.3) is 5.91 Å². The van der Waals surface area contributed by atoms with Crippen molar-refractivity contribution in [3.05, 3.63) is 22.5 Å². The minimum atomic E-state index is -0.524. The summed E-state index contributed by atoms with van der Waals surface area (Å²) in [6.45, 7) is 2.69. The Morgan fingerprint density at radius 3 is 2.74 bits per heavy atom. The topological polar surface area (TPSA) is 71.2 Å². The number of ether oxygens (including phenoxy) is 1. The van der Waals surface area contributed by atoms with Crippen molar-refractivity contribution >= 4 is 11.7 Å². The van der Waals surface area contributed by atoms with E-state index in [4.69, 9.17) is 4.74 Å². The number of alkyl halides is 1. The first kappa shape index (κ1) is 16.2. The van der Waals surface area contributed by atoms with Crippen molar-refractivity contribution in [2.75, 3.05) is 26.4 Å². The number of carbonyl (C=O) groups excluding carboxylic acids is 2. The molecule has 1 fully saturated rings. The molecule has 1 amide bonds. The zero-order chi connectivity index (χ0) is 16.4. The first-order chi connectivity index (χ1) is 11.1. The standard InChI is InChI=1S/C17H23FN2O3/c1-11-14-12(3-2-4-13(14)21)20-15(11)16(22)19-10-17(9-18)5-7-23-8-6-17/h20H,2-10H2,1H3,(H,19,22). The van der Waals surface area contributed by atoms with Crippen LogP contribution >= 0.6 is 0 Å². The van der Waals surface area contributed by atoms with Gasteiger partial charge in [0.1, 0.15) is 5.69 Å². The summed E-state index contributed by atoms with van der Waals surface area (Å²) in [5.74, 6) is -0.160. The van der Waals surface area contributed by atoms with Gasteiger partial charge in [-0.25, -0.2) is 0 Å². The van der Waals surface area contributed by atoms with E-state index in [0.29, 0.717) is 55.8 Å². The molecule has 2 aliphatic rings. The highest BCUT2D eigenvalue weighted by atomic mass is 19.1. The van der Waals surface area contributed by atoms with Crippen molar-refractivity contribution in [1.29, 1.82) is 0 Å². The maximum absolute atomic E-state index is 13.4. The molecule has 1 aromatic rings. The Bertz CT molecular complexity index is 618. The Morgan fingerprint density at radius 1 is 1.35 bits per heavy atom. The molecule has 2 N–H and O–H groups in total. The van der Waals surface area contributed by atoms with E-state index >= 15 is 0 Å². The number of H-pyrrole nitrogens is 1. The molecule has 0 atom stereocenters. The number of halogens is 1. The predicted octanol–water partition coefficient (Wildman–Crippen LogP) is 2.34. The first-order valence-corrected chi connectivity index (χ1v) is 8.23. The van der Waals surface area contributed by atoms with E-state index in [9.17, 15) is 14.0 Å². The van der Waals surface area contributed by atoms with Gasteiger partial charge in [-0.1, -0.05) is 0 Å². The van der Waals surface area contributed by atoms with Crippen LogP contribution in [0, 0.1) is 12.3 Å². The minimum absolute atomic E-state index is 0.101. The number of ketones is 1. The van der Waals surface area contributed by atoms with Crippen molar-refractivity contribution in [1.82, 2.24) is 10.3 Å². The Morgan fingerprint density at radius 2 is 2.09 bits per heavy atom. The van der Waals surface area contributed by atoms with Crippen LogP contribution in [0.4, 0.5) is 4.39 Å².